The number of esters is 1. The Morgan fingerprint density at radius 2 is 2.07 bits per heavy atom. The molecule has 27 heavy (non-hydrogen) atoms. The number of ether oxygens (including phenoxy) is 2. The highest BCUT2D eigenvalue weighted by molar-refractivity contribution is 5.99. The first-order valence-electron chi connectivity index (χ1n) is 9.14. The molecule has 0 unspecified atom stereocenters. The molecule has 0 amide bonds. The number of allylic oxidation sites excluding steroid dienone is 2. The Kier molecular flexibility index (Phi) is 6.30. The fourth-order valence-corrected chi connectivity index (χ4v) is 3.01. The van der Waals surface area contributed by atoms with E-state index in [1.54, 1.807) is 7.11 Å². The van der Waals surface area contributed by atoms with Gasteiger partial charge in [-0.25, -0.2) is 0 Å². The van der Waals surface area contributed by atoms with Crippen molar-refractivity contribution >= 4 is 17.8 Å². The van der Waals surface area contributed by atoms with Crippen LogP contribution in [0.5, 0.6) is 5.75 Å². The number of rotatable bonds is 9. The van der Waals surface area contributed by atoms with Gasteiger partial charge in [0.25, 0.3) is 0 Å². The van der Waals surface area contributed by atoms with Crippen LogP contribution >= 0.6 is 0 Å². The van der Waals surface area contributed by atoms with E-state index in [1.165, 1.54) is 7.11 Å². The molecule has 0 atom stereocenters. The van der Waals surface area contributed by atoms with Crippen molar-refractivity contribution < 1.29 is 14.3 Å². The highest BCUT2D eigenvalue weighted by Crippen LogP contribution is 2.29. The first-order chi connectivity index (χ1) is 13.2. The van der Waals surface area contributed by atoms with E-state index >= 15 is 0 Å². The van der Waals surface area contributed by atoms with Gasteiger partial charge in [-0.3, -0.25) is 9.79 Å². The van der Waals surface area contributed by atoms with Gasteiger partial charge in [0, 0.05) is 24.4 Å². The molecule has 1 aliphatic rings. The second kappa shape index (κ2) is 9.07. The lowest BCUT2D eigenvalue weighted by Crippen LogP contribution is -1.99. The second-order valence-electron chi connectivity index (χ2n) is 6.39. The van der Waals surface area contributed by atoms with Crippen molar-refractivity contribution in [3.05, 3.63) is 47.9 Å². The molecule has 0 spiro atoms. The second-order valence-corrected chi connectivity index (χ2v) is 6.39. The summed E-state index contributed by atoms with van der Waals surface area (Å²) in [5.41, 5.74) is 4.84. The lowest BCUT2D eigenvalue weighted by atomic mass is 10.1. The summed E-state index contributed by atoms with van der Waals surface area (Å²) in [6, 6.07) is 5.94. The summed E-state index contributed by atoms with van der Waals surface area (Å²) in [5.74, 6) is 0.642. The number of aromatic nitrogens is 2. The number of nitrogens with one attached hydrogen (secondary N) is 2. The van der Waals surface area contributed by atoms with Crippen LogP contribution in [0.1, 0.15) is 37.8 Å². The fourth-order valence-electron chi connectivity index (χ4n) is 3.01. The molecule has 0 saturated heterocycles. The minimum absolute atomic E-state index is 0.142. The molecule has 0 bridgehead atoms. The van der Waals surface area contributed by atoms with Crippen LogP contribution in [0.25, 0.3) is 17.5 Å². The number of carbonyl (C=O) groups excluding carboxylic acids is 1. The van der Waals surface area contributed by atoms with Gasteiger partial charge in [-0.2, -0.15) is 0 Å². The smallest absolute Gasteiger partial charge is 0.305 e. The van der Waals surface area contributed by atoms with Gasteiger partial charge in [-0.1, -0.05) is 6.42 Å². The lowest BCUT2D eigenvalue weighted by Gasteiger charge is -2.00. The summed E-state index contributed by atoms with van der Waals surface area (Å²) in [6.07, 6.45) is 12.2. The Labute approximate surface area is 159 Å². The summed E-state index contributed by atoms with van der Waals surface area (Å²) >= 11 is 0. The van der Waals surface area contributed by atoms with Gasteiger partial charge in [0.05, 0.1) is 37.0 Å². The normalized spacial score (nSPS) is 14.6. The maximum Gasteiger partial charge on any atom is 0.305 e. The standard InChI is InChI=1S/C21H25N3O3/c1-26-20-14-18(17-8-6-12-22-17)24-19(20)13-16-11-10-15(23-16)7-4-3-5-9-21(25)27-2/h6,8,10-14,22,24H,3-5,7,9H2,1-2H3/b16-13-. The Bertz CT molecular complexity index is 857. The maximum atomic E-state index is 11.1. The van der Waals surface area contributed by atoms with E-state index in [-0.39, 0.29) is 5.97 Å². The van der Waals surface area contributed by atoms with E-state index in [9.17, 15) is 4.79 Å². The van der Waals surface area contributed by atoms with Gasteiger partial charge in [-0.15, -0.1) is 0 Å². The topological polar surface area (TPSA) is 79.5 Å². The molecule has 0 fully saturated rings. The number of methoxy groups -OCH3 is 2. The van der Waals surface area contributed by atoms with Gasteiger partial charge < -0.3 is 19.4 Å². The van der Waals surface area contributed by atoms with E-state index in [0.29, 0.717) is 6.42 Å². The van der Waals surface area contributed by atoms with Gasteiger partial charge in [0.1, 0.15) is 5.75 Å². The molecule has 6 heteroatoms. The molecule has 0 saturated carbocycles. The van der Waals surface area contributed by atoms with E-state index in [0.717, 1.165) is 59.9 Å². The van der Waals surface area contributed by atoms with Crippen LogP contribution < -0.4 is 4.74 Å². The summed E-state index contributed by atoms with van der Waals surface area (Å²) in [4.78, 5) is 22.3. The molecule has 3 rings (SSSR count). The van der Waals surface area contributed by atoms with Crippen LogP contribution in [-0.2, 0) is 9.53 Å². The van der Waals surface area contributed by atoms with E-state index < -0.39 is 0 Å². The third-order valence-electron chi connectivity index (χ3n) is 4.47. The number of H-pyrrole nitrogens is 2. The van der Waals surface area contributed by atoms with Crippen molar-refractivity contribution in [2.75, 3.05) is 14.2 Å². The molecule has 2 aromatic heterocycles. The Morgan fingerprint density at radius 1 is 1.19 bits per heavy atom. The molecule has 0 radical (unpaired) electrons. The van der Waals surface area contributed by atoms with E-state index in [2.05, 4.69) is 19.7 Å². The fraction of sp³-hybridized carbons (Fsp3) is 0.333. The van der Waals surface area contributed by atoms with Crippen LogP contribution in [-0.4, -0.2) is 35.9 Å². The molecular weight excluding hydrogens is 342 g/mol. The molecule has 142 valence electrons. The summed E-state index contributed by atoms with van der Waals surface area (Å²) in [6.45, 7) is 0. The quantitative estimate of drug-likeness (QED) is 0.506. The number of aromatic amines is 2. The number of unbranched alkanes of at least 4 members (excludes halogenated alkanes) is 2. The number of nitrogens with zero attached hydrogens (tertiary/aromatic N) is 1. The highest BCUT2D eigenvalue weighted by atomic mass is 16.5. The number of hydrogen-bond donors (Lipinski definition) is 2. The molecule has 1 aliphatic heterocycles. The third-order valence-corrected chi connectivity index (χ3v) is 4.47. The SMILES string of the molecule is COC(=O)CCCCCC1=N/C(=C\c2[nH]c(-c3ccc[nH]3)cc2OC)C=C1. The van der Waals surface area contributed by atoms with Crippen LogP contribution in [0.3, 0.4) is 0 Å². The molecule has 2 N–H and O–H groups in total. The van der Waals surface area contributed by atoms with E-state index in [1.807, 2.05) is 42.6 Å². The van der Waals surface area contributed by atoms with Crippen molar-refractivity contribution in [1.82, 2.24) is 9.97 Å². The monoisotopic (exact) mass is 367 g/mol. The minimum atomic E-state index is -0.142. The van der Waals surface area contributed by atoms with Crippen molar-refractivity contribution in [1.29, 1.82) is 0 Å². The van der Waals surface area contributed by atoms with Crippen LogP contribution in [0.2, 0.25) is 0 Å². The minimum Gasteiger partial charge on any atom is -0.494 e. The predicted molar refractivity (Wildman–Crippen MR) is 107 cm³/mol. The van der Waals surface area contributed by atoms with Crippen molar-refractivity contribution in [2.45, 2.75) is 32.1 Å². The van der Waals surface area contributed by atoms with Crippen molar-refractivity contribution in [3.8, 4) is 17.1 Å². The summed E-state index contributed by atoms with van der Waals surface area (Å²) in [7, 11) is 3.09. The van der Waals surface area contributed by atoms with Gasteiger partial charge in [0.2, 0.25) is 0 Å². The van der Waals surface area contributed by atoms with Gasteiger partial charge in [-0.05, 0) is 49.6 Å². The van der Waals surface area contributed by atoms with E-state index in [4.69, 9.17) is 4.74 Å². The summed E-state index contributed by atoms with van der Waals surface area (Å²) in [5, 5.41) is 0. The summed E-state index contributed by atoms with van der Waals surface area (Å²) < 4.78 is 10.1. The molecule has 0 aliphatic carbocycles. The lowest BCUT2D eigenvalue weighted by molar-refractivity contribution is -0.140. The van der Waals surface area contributed by atoms with Crippen molar-refractivity contribution in [2.24, 2.45) is 4.99 Å². The van der Waals surface area contributed by atoms with Gasteiger partial charge in [0.15, 0.2) is 0 Å². The molecule has 3 heterocycles. The largest absolute Gasteiger partial charge is 0.494 e. The molecule has 2 aromatic rings. The van der Waals surface area contributed by atoms with Crippen LogP contribution in [0.15, 0.2) is 47.2 Å². The predicted octanol–water partition coefficient (Wildman–Crippen LogP) is 4.49. The zero-order valence-corrected chi connectivity index (χ0v) is 15.7. The first kappa shape index (κ1) is 18.8. The number of carbonyl (C=O) groups is 1. The average Bonchev–Trinajstić information content (AvgIpc) is 3.42. The Morgan fingerprint density at radius 3 is 2.81 bits per heavy atom. The number of hydrogen-bond acceptors (Lipinski definition) is 4. The zero-order chi connectivity index (χ0) is 19.1. The van der Waals surface area contributed by atoms with Crippen LogP contribution in [0, 0.1) is 0 Å². The average molecular weight is 367 g/mol. The highest BCUT2D eigenvalue weighted by Gasteiger charge is 2.11. The zero-order valence-electron chi connectivity index (χ0n) is 15.7. The molecular formula is C21H25N3O3. The van der Waals surface area contributed by atoms with Crippen molar-refractivity contribution in [3.63, 3.8) is 0 Å². The van der Waals surface area contributed by atoms with Crippen LogP contribution in [0.4, 0.5) is 0 Å². The third kappa shape index (κ3) is 5.00. The molecule has 0 aromatic carbocycles. The van der Waals surface area contributed by atoms with Gasteiger partial charge >= 0.3 is 5.97 Å². The Balaban J connectivity index is 1.58. The maximum absolute atomic E-state index is 11.1. The Hall–Kier alpha value is -3.02. The number of aliphatic imine (C=N–C) groups is 1. The molecule has 6 nitrogen and oxygen atoms in total. The first-order valence-corrected chi connectivity index (χ1v) is 9.14.